The van der Waals surface area contributed by atoms with E-state index in [-0.39, 0.29) is 31.2 Å². The fourth-order valence-electron chi connectivity index (χ4n) is 3.13. The number of carbonyl (C=O) groups is 4. The summed E-state index contributed by atoms with van der Waals surface area (Å²) < 4.78 is 26.9. The predicted octanol–water partition coefficient (Wildman–Crippen LogP) is 0.395. The number of hydrogen-bond acceptors (Lipinski definition) is 5. The van der Waals surface area contributed by atoms with Gasteiger partial charge in [0.2, 0.25) is 17.6 Å². The molecule has 2 aliphatic rings. The maximum atomic E-state index is 13.5. The lowest BCUT2D eigenvalue weighted by Crippen LogP contribution is -2.52. The van der Waals surface area contributed by atoms with Gasteiger partial charge in [-0.25, -0.2) is 8.78 Å². The van der Waals surface area contributed by atoms with E-state index >= 15 is 0 Å². The van der Waals surface area contributed by atoms with Crippen LogP contribution in [0.25, 0.3) is 0 Å². The van der Waals surface area contributed by atoms with Crippen molar-refractivity contribution in [1.29, 1.82) is 0 Å². The van der Waals surface area contributed by atoms with E-state index in [4.69, 9.17) is 0 Å². The lowest BCUT2D eigenvalue weighted by Gasteiger charge is -2.32. The molecule has 0 bridgehead atoms. The maximum absolute atomic E-state index is 13.5. The molecule has 0 saturated carbocycles. The Labute approximate surface area is 129 Å². The highest BCUT2D eigenvalue weighted by molar-refractivity contribution is 6.27. The molecule has 2 heterocycles. The van der Waals surface area contributed by atoms with Gasteiger partial charge in [0.15, 0.2) is 17.9 Å². The topological polar surface area (TPSA) is 83.6 Å². The molecule has 2 atom stereocenters. The number of piperidine rings is 1. The molecule has 3 rings (SSSR count). The number of hydrogen-bond donors (Lipinski definition) is 1. The quantitative estimate of drug-likeness (QED) is 0.495. The third-order valence-corrected chi connectivity index (χ3v) is 4.16. The van der Waals surface area contributed by atoms with Gasteiger partial charge in [0.05, 0.1) is 6.04 Å². The van der Waals surface area contributed by atoms with Crippen LogP contribution in [-0.2, 0) is 25.7 Å². The first-order valence-electron chi connectivity index (χ1n) is 6.98. The van der Waals surface area contributed by atoms with Gasteiger partial charge in [-0.2, -0.15) is 0 Å². The molecular formula is C15H12F2N2O4. The van der Waals surface area contributed by atoms with Crippen LogP contribution >= 0.6 is 0 Å². The minimum Gasteiger partial charge on any atom is -0.295 e. The molecule has 1 N–H and O–H groups in total. The van der Waals surface area contributed by atoms with Crippen LogP contribution in [0.15, 0.2) is 12.1 Å². The van der Waals surface area contributed by atoms with Gasteiger partial charge >= 0.3 is 0 Å². The van der Waals surface area contributed by atoms with Crippen LogP contribution in [0.3, 0.4) is 0 Å². The smallest absolute Gasteiger partial charge is 0.243 e. The average Bonchev–Trinajstić information content (AvgIpc) is 2.85. The maximum Gasteiger partial charge on any atom is 0.243 e. The van der Waals surface area contributed by atoms with E-state index in [9.17, 15) is 28.0 Å². The van der Waals surface area contributed by atoms with Crippen molar-refractivity contribution in [3.05, 3.63) is 34.9 Å². The van der Waals surface area contributed by atoms with Crippen molar-refractivity contribution in [1.82, 2.24) is 10.2 Å². The molecule has 1 aromatic carbocycles. The number of Topliss-reactive ketones (excluding diaryl/α,β-unsaturated/α-hetero) is 1. The molecule has 1 aromatic rings. The van der Waals surface area contributed by atoms with Crippen molar-refractivity contribution >= 4 is 23.9 Å². The Balaban J connectivity index is 2.01. The average molecular weight is 322 g/mol. The Bertz CT molecular complexity index is 734. The number of amides is 2. The Morgan fingerprint density at radius 1 is 1.26 bits per heavy atom. The number of nitrogens with one attached hydrogen (secondary N) is 1. The Morgan fingerprint density at radius 3 is 2.61 bits per heavy atom. The lowest BCUT2D eigenvalue weighted by atomic mass is 9.99. The minimum absolute atomic E-state index is 0.0169. The first kappa shape index (κ1) is 15.4. The normalized spacial score (nSPS) is 24.3. The van der Waals surface area contributed by atoms with Crippen molar-refractivity contribution in [3.63, 3.8) is 0 Å². The number of aldehydes is 1. The van der Waals surface area contributed by atoms with Gasteiger partial charge in [-0.1, -0.05) is 0 Å². The number of fused-ring (bicyclic) bond motifs is 1. The highest BCUT2D eigenvalue weighted by atomic mass is 19.2. The fraction of sp³-hybridized carbons (Fsp3) is 0.333. The SMILES string of the molecule is O=CC(=O)C1c2cc(F)c(F)cc2CN1C1CCC(=O)NC1=O. The molecule has 0 aliphatic carbocycles. The standard InChI is InChI=1S/C15H12F2N2O4/c16-9-3-7-5-19(11-1-2-13(22)18-15(11)23)14(12(21)6-20)8(7)4-10(9)17/h3-4,6,11,14H,1-2,5H2,(H,18,22,23). The summed E-state index contributed by atoms with van der Waals surface area (Å²) in [5.41, 5.74) is 0.513. The van der Waals surface area contributed by atoms with E-state index in [0.717, 1.165) is 12.1 Å². The van der Waals surface area contributed by atoms with Crippen molar-refractivity contribution in [3.8, 4) is 0 Å². The van der Waals surface area contributed by atoms with Crippen LogP contribution < -0.4 is 5.32 Å². The molecule has 2 aliphatic heterocycles. The van der Waals surface area contributed by atoms with Gasteiger partial charge in [-0.15, -0.1) is 0 Å². The van der Waals surface area contributed by atoms with Crippen LogP contribution in [0.4, 0.5) is 8.78 Å². The molecule has 1 fully saturated rings. The summed E-state index contributed by atoms with van der Waals surface area (Å²) in [6.45, 7) is 0.0169. The van der Waals surface area contributed by atoms with Crippen LogP contribution in [0.2, 0.25) is 0 Å². The predicted molar refractivity (Wildman–Crippen MR) is 71.9 cm³/mol. The highest BCUT2D eigenvalue weighted by Gasteiger charge is 2.43. The third kappa shape index (κ3) is 2.55. The van der Waals surface area contributed by atoms with Crippen molar-refractivity contribution in [2.24, 2.45) is 0 Å². The number of halogens is 2. The summed E-state index contributed by atoms with van der Waals surface area (Å²) in [5, 5.41) is 2.17. The molecular weight excluding hydrogens is 310 g/mol. The lowest BCUT2D eigenvalue weighted by molar-refractivity contribution is -0.141. The van der Waals surface area contributed by atoms with E-state index in [1.54, 1.807) is 0 Å². The first-order valence-corrected chi connectivity index (χ1v) is 6.98. The van der Waals surface area contributed by atoms with Gasteiger partial charge in [-0.3, -0.25) is 29.4 Å². The molecule has 0 aromatic heterocycles. The zero-order valence-electron chi connectivity index (χ0n) is 11.8. The van der Waals surface area contributed by atoms with Gasteiger partial charge in [0, 0.05) is 13.0 Å². The summed E-state index contributed by atoms with van der Waals surface area (Å²) in [6.07, 6.45) is 0.361. The minimum atomic E-state index is -1.15. The highest BCUT2D eigenvalue weighted by Crippen LogP contribution is 2.38. The van der Waals surface area contributed by atoms with Crippen LogP contribution in [-0.4, -0.2) is 34.8 Å². The van der Waals surface area contributed by atoms with E-state index in [1.165, 1.54) is 4.90 Å². The molecule has 2 unspecified atom stereocenters. The fourth-order valence-corrected chi connectivity index (χ4v) is 3.13. The summed E-state index contributed by atoms with van der Waals surface area (Å²) in [4.78, 5) is 47.5. The summed E-state index contributed by atoms with van der Waals surface area (Å²) in [6, 6.07) is -0.133. The number of ketones is 1. The molecule has 6 nitrogen and oxygen atoms in total. The Kier molecular flexibility index (Phi) is 3.77. The molecule has 0 radical (unpaired) electrons. The molecule has 23 heavy (non-hydrogen) atoms. The van der Waals surface area contributed by atoms with E-state index < -0.39 is 41.3 Å². The van der Waals surface area contributed by atoms with Crippen molar-refractivity contribution < 1.29 is 28.0 Å². The number of nitrogens with zero attached hydrogens (tertiary/aromatic N) is 1. The molecule has 8 heteroatoms. The van der Waals surface area contributed by atoms with E-state index in [0.29, 0.717) is 5.56 Å². The van der Waals surface area contributed by atoms with Gasteiger partial charge < -0.3 is 0 Å². The first-order chi connectivity index (χ1) is 10.9. The van der Waals surface area contributed by atoms with Crippen molar-refractivity contribution in [2.75, 3.05) is 0 Å². The summed E-state index contributed by atoms with van der Waals surface area (Å²) in [5.74, 6) is -4.04. The van der Waals surface area contributed by atoms with Gasteiger partial charge in [0.1, 0.15) is 6.04 Å². The Hall–Kier alpha value is -2.48. The van der Waals surface area contributed by atoms with Crippen LogP contribution in [0.1, 0.15) is 30.0 Å². The number of carbonyl (C=O) groups excluding carboxylic acids is 4. The zero-order valence-corrected chi connectivity index (χ0v) is 11.8. The third-order valence-electron chi connectivity index (χ3n) is 4.16. The summed E-state index contributed by atoms with van der Waals surface area (Å²) >= 11 is 0. The largest absolute Gasteiger partial charge is 0.295 e. The second-order valence-corrected chi connectivity index (χ2v) is 5.53. The number of benzene rings is 1. The summed E-state index contributed by atoms with van der Waals surface area (Å²) in [7, 11) is 0. The van der Waals surface area contributed by atoms with E-state index in [2.05, 4.69) is 5.32 Å². The monoisotopic (exact) mass is 322 g/mol. The van der Waals surface area contributed by atoms with Gasteiger partial charge in [-0.05, 0) is 29.7 Å². The van der Waals surface area contributed by atoms with Crippen LogP contribution in [0, 0.1) is 11.6 Å². The zero-order chi connectivity index (χ0) is 16.7. The molecule has 0 spiro atoms. The molecule has 1 saturated heterocycles. The number of imide groups is 1. The van der Waals surface area contributed by atoms with Crippen molar-refractivity contribution in [2.45, 2.75) is 31.5 Å². The van der Waals surface area contributed by atoms with Gasteiger partial charge in [0.25, 0.3) is 0 Å². The second-order valence-electron chi connectivity index (χ2n) is 5.53. The second kappa shape index (κ2) is 5.62. The van der Waals surface area contributed by atoms with Crippen LogP contribution in [0.5, 0.6) is 0 Å². The Morgan fingerprint density at radius 2 is 1.96 bits per heavy atom. The van der Waals surface area contributed by atoms with E-state index in [1.807, 2.05) is 0 Å². The molecule has 2 amide bonds. The molecule has 120 valence electrons. The number of rotatable bonds is 3.